The molecule has 0 amide bonds. The molecule has 2 aromatic heterocycles. The van der Waals surface area contributed by atoms with Crippen LogP contribution in [0.25, 0.3) is 10.6 Å². The van der Waals surface area contributed by atoms with Crippen molar-refractivity contribution in [1.29, 1.82) is 0 Å². The molecule has 1 aliphatic rings. The van der Waals surface area contributed by atoms with Gasteiger partial charge in [0, 0.05) is 18.5 Å². The lowest BCUT2D eigenvalue weighted by atomic mass is 9.92. The van der Waals surface area contributed by atoms with Crippen LogP contribution in [0.3, 0.4) is 0 Å². The maximum atomic E-state index is 13.6. The smallest absolute Gasteiger partial charge is 0.281 e. The number of nitrogens with one attached hydrogen (secondary N) is 1. The van der Waals surface area contributed by atoms with Crippen molar-refractivity contribution in [3.8, 4) is 16.3 Å². The summed E-state index contributed by atoms with van der Waals surface area (Å²) in [6.45, 7) is 6.46. The normalized spacial score (nSPS) is 17.8. The van der Waals surface area contributed by atoms with Crippen molar-refractivity contribution in [2.45, 2.75) is 38.6 Å². The summed E-state index contributed by atoms with van der Waals surface area (Å²) in [7, 11) is -6.68. The Hall–Kier alpha value is -3.03. The summed E-state index contributed by atoms with van der Waals surface area (Å²) in [4.78, 5) is 18.8. The van der Waals surface area contributed by atoms with Crippen LogP contribution >= 0.6 is 11.3 Å². The number of aryl methyl sites for hydroxylation is 1. The minimum atomic E-state index is -3.55. The molecule has 0 saturated carbocycles. The number of amidine groups is 1. The Morgan fingerprint density at radius 1 is 1.22 bits per heavy atom. The molecular formula is C23H27N5O5S3. The fraction of sp³-hybridized carbons (Fsp3) is 0.348. The lowest BCUT2D eigenvalue weighted by Gasteiger charge is -2.20. The molecule has 0 radical (unpaired) electrons. The van der Waals surface area contributed by atoms with Gasteiger partial charge in [0.05, 0.1) is 31.4 Å². The van der Waals surface area contributed by atoms with Gasteiger partial charge in [0.2, 0.25) is 10.0 Å². The van der Waals surface area contributed by atoms with E-state index in [9.17, 15) is 22.5 Å². The summed E-state index contributed by atoms with van der Waals surface area (Å²) in [5.41, 5.74) is -0.136. The van der Waals surface area contributed by atoms with Crippen LogP contribution in [0.5, 0.6) is 5.75 Å². The molecule has 36 heavy (non-hydrogen) atoms. The molecule has 4 rings (SSSR count). The Morgan fingerprint density at radius 3 is 2.56 bits per heavy atom. The molecule has 1 aliphatic heterocycles. The topological polar surface area (TPSA) is 143 Å². The number of hydrogen-bond acceptors (Lipinski definition) is 9. The van der Waals surface area contributed by atoms with Gasteiger partial charge in [0.1, 0.15) is 11.3 Å². The number of aromatic hydroxyl groups is 1. The van der Waals surface area contributed by atoms with E-state index in [1.807, 2.05) is 11.4 Å². The van der Waals surface area contributed by atoms with Gasteiger partial charge in [-0.1, -0.05) is 26.8 Å². The molecular weight excluding hydrogens is 522 g/mol. The summed E-state index contributed by atoms with van der Waals surface area (Å²) in [6, 6.07) is 7.98. The largest absolute Gasteiger partial charge is 0.505 e. The second-order valence-corrected chi connectivity index (χ2v) is 14.7. The van der Waals surface area contributed by atoms with Gasteiger partial charge >= 0.3 is 0 Å². The Bertz CT molecular complexity index is 1660. The molecule has 0 aliphatic carbocycles. The minimum Gasteiger partial charge on any atom is -0.505 e. The van der Waals surface area contributed by atoms with E-state index < -0.39 is 25.3 Å². The van der Waals surface area contributed by atoms with Crippen LogP contribution in [0.15, 0.2) is 54.8 Å². The Labute approximate surface area is 214 Å². The zero-order chi connectivity index (χ0) is 26.5. The van der Waals surface area contributed by atoms with E-state index in [1.54, 1.807) is 6.07 Å². The van der Waals surface area contributed by atoms with Crippen molar-refractivity contribution < 1.29 is 17.7 Å². The number of nitrogens with zero attached hydrogens (tertiary/aromatic N) is 4. The number of benzene rings is 1. The number of aliphatic imine (C=N–C) groups is 1. The Balaban J connectivity index is 1.92. The third-order valence-corrected chi connectivity index (χ3v) is 8.49. The van der Waals surface area contributed by atoms with Crippen LogP contribution in [0.4, 0.5) is 11.4 Å². The van der Waals surface area contributed by atoms with Crippen molar-refractivity contribution >= 4 is 48.3 Å². The SMILES string of the molecule is CC(C)(C)CCn1nc(-c2cccs2)c(O)c(C2=Nc3ccc(NS(C)(=O)=O)cc3S(C)(=O)=N2)c1=O. The van der Waals surface area contributed by atoms with Crippen molar-refractivity contribution in [3.63, 3.8) is 0 Å². The van der Waals surface area contributed by atoms with Crippen LogP contribution in [0, 0.1) is 5.41 Å². The first-order chi connectivity index (χ1) is 16.6. The van der Waals surface area contributed by atoms with Crippen LogP contribution in [-0.2, 0) is 26.3 Å². The Kier molecular flexibility index (Phi) is 6.60. The number of sulfonamides is 1. The fourth-order valence-electron chi connectivity index (χ4n) is 3.57. The second-order valence-electron chi connectivity index (χ2n) is 9.77. The molecule has 0 fully saturated rings. The first-order valence-electron chi connectivity index (χ1n) is 11.0. The average Bonchev–Trinajstić information content (AvgIpc) is 3.26. The highest BCUT2D eigenvalue weighted by Gasteiger charge is 2.28. The number of rotatable bonds is 6. The van der Waals surface area contributed by atoms with Crippen LogP contribution in [-0.4, -0.2) is 45.9 Å². The predicted molar refractivity (Wildman–Crippen MR) is 143 cm³/mol. The van der Waals surface area contributed by atoms with Crippen molar-refractivity contribution in [2.75, 3.05) is 17.2 Å². The highest BCUT2D eigenvalue weighted by atomic mass is 32.2. The molecule has 0 bridgehead atoms. The second kappa shape index (κ2) is 9.12. The summed E-state index contributed by atoms with van der Waals surface area (Å²) < 4.78 is 44.7. The zero-order valence-corrected chi connectivity index (χ0v) is 22.9. The molecule has 10 nitrogen and oxygen atoms in total. The molecule has 13 heteroatoms. The molecule has 3 heterocycles. The highest BCUT2D eigenvalue weighted by molar-refractivity contribution is 7.93. The number of thiophene rings is 1. The average molecular weight is 550 g/mol. The van der Waals surface area contributed by atoms with Gasteiger partial charge in [-0.05, 0) is 41.5 Å². The van der Waals surface area contributed by atoms with E-state index in [2.05, 4.69) is 39.9 Å². The fourth-order valence-corrected chi connectivity index (χ4v) is 6.25. The monoisotopic (exact) mass is 549 g/mol. The molecule has 192 valence electrons. The first-order valence-corrected chi connectivity index (χ1v) is 15.7. The standard InChI is InChI=1S/C23H27N5O5S3/c1-23(2,3)10-11-28-22(30)18(20(29)19(25-28)16-7-6-12-34-16)21-24-15-9-8-14(26-36(5,32)33)13-17(15)35(4,31)27-21/h6-9,12-13,26,29H,10-11H2,1-5H3. The lowest BCUT2D eigenvalue weighted by molar-refractivity contribution is 0.335. The van der Waals surface area contributed by atoms with Crippen molar-refractivity contribution in [1.82, 2.24) is 9.78 Å². The van der Waals surface area contributed by atoms with Crippen LogP contribution in [0.2, 0.25) is 0 Å². The van der Waals surface area contributed by atoms with Gasteiger partial charge in [-0.15, -0.1) is 11.3 Å². The maximum absolute atomic E-state index is 13.6. The molecule has 0 saturated heterocycles. The van der Waals surface area contributed by atoms with E-state index in [-0.39, 0.29) is 44.5 Å². The van der Waals surface area contributed by atoms with Crippen LogP contribution in [0.1, 0.15) is 32.8 Å². The quantitative estimate of drug-likeness (QED) is 0.475. The van der Waals surface area contributed by atoms with Gasteiger partial charge in [0.25, 0.3) is 5.56 Å². The van der Waals surface area contributed by atoms with Gasteiger partial charge in [-0.25, -0.2) is 22.3 Å². The summed E-state index contributed by atoms with van der Waals surface area (Å²) in [6.07, 6.45) is 3.04. The summed E-state index contributed by atoms with van der Waals surface area (Å²) in [5, 5.41) is 17.4. The third kappa shape index (κ3) is 5.52. The molecule has 3 aromatic rings. The first kappa shape index (κ1) is 26.0. The van der Waals surface area contributed by atoms with Crippen molar-refractivity contribution in [2.24, 2.45) is 14.8 Å². The van der Waals surface area contributed by atoms with E-state index in [0.717, 1.165) is 6.26 Å². The number of aromatic nitrogens is 2. The van der Waals surface area contributed by atoms with E-state index in [4.69, 9.17) is 0 Å². The van der Waals surface area contributed by atoms with Gasteiger partial charge < -0.3 is 5.11 Å². The molecule has 2 N–H and O–H groups in total. The number of fused-ring (bicyclic) bond motifs is 1. The third-order valence-electron chi connectivity index (χ3n) is 5.34. The summed E-state index contributed by atoms with van der Waals surface area (Å²) >= 11 is 1.36. The highest BCUT2D eigenvalue weighted by Crippen LogP contribution is 2.37. The predicted octanol–water partition coefficient (Wildman–Crippen LogP) is 4.03. The number of anilines is 1. The number of hydrogen-bond donors (Lipinski definition) is 2. The van der Waals surface area contributed by atoms with E-state index in [1.165, 1.54) is 40.5 Å². The maximum Gasteiger partial charge on any atom is 0.281 e. The zero-order valence-electron chi connectivity index (χ0n) is 20.5. The van der Waals surface area contributed by atoms with Crippen LogP contribution < -0.4 is 10.3 Å². The molecule has 1 unspecified atom stereocenters. The lowest BCUT2D eigenvalue weighted by Crippen LogP contribution is -2.31. The van der Waals surface area contributed by atoms with Gasteiger partial charge in [0.15, 0.2) is 11.6 Å². The van der Waals surface area contributed by atoms with Gasteiger partial charge in [-0.2, -0.15) is 9.46 Å². The molecule has 1 atom stereocenters. The molecule has 1 aromatic carbocycles. The minimum absolute atomic E-state index is 0.0661. The van der Waals surface area contributed by atoms with E-state index >= 15 is 0 Å². The van der Waals surface area contributed by atoms with Gasteiger partial charge in [-0.3, -0.25) is 9.52 Å². The van der Waals surface area contributed by atoms with E-state index in [0.29, 0.717) is 17.8 Å². The van der Waals surface area contributed by atoms with Crippen molar-refractivity contribution in [3.05, 3.63) is 51.6 Å². The molecule has 0 spiro atoms. The Morgan fingerprint density at radius 2 is 1.94 bits per heavy atom. The summed E-state index contributed by atoms with van der Waals surface area (Å²) in [5.74, 6) is -0.544.